The second-order valence-electron chi connectivity index (χ2n) is 13.8. The van der Waals surface area contributed by atoms with Crippen molar-refractivity contribution >= 4 is 0 Å². The van der Waals surface area contributed by atoms with Crippen LogP contribution in [0.15, 0.2) is 0 Å². The Hall–Kier alpha value is -0.200. The number of hydrogen-bond acceptors (Lipinski definition) is 5. The number of aliphatic hydroxyl groups excluding tert-OH is 1. The van der Waals surface area contributed by atoms with Crippen LogP contribution in [0, 0.1) is 40.4 Å². The van der Waals surface area contributed by atoms with Crippen molar-refractivity contribution in [3.05, 3.63) is 0 Å². The van der Waals surface area contributed by atoms with Gasteiger partial charge in [0.15, 0.2) is 5.79 Å². The monoisotopic (exact) mass is 475 g/mol. The molecule has 0 amide bonds. The van der Waals surface area contributed by atoms with E-state index in [0.29, 0.717) is 22.7 Å². The maximum atomic E-state index is 11.3. The van der Waals surface area contributed by atoms with Crippen LogP contribution in [0.3, 0.4) is 0 Å². The Bertz CT molecular complexity index is 759. The van der Waals surface area contributed by atoms with Crippen molar-refractivity contribution < 1.29 is 19.3 Å². The molecule has 2 heterocycles. The van der Waals surface area contributed by atoms with Crippen LogP contribution in [0.4, 0.5) is 0 Å². The number of nitrogens with zero attached hydrogens (tertiary/aromatic N) is 1. The lowest BCUT2D eigenvalue weighted by Gasteiger charge is -2.63. The lowest BCUT2D eigenvalue weighted by Crippen LogP contribution is -2.62. The number of fused-ring (bicyclic) bond motifs is 5. The molecule has 1 N–H and O–H groups in total. The van der Waals surface area contributed by atoms with E-state index in [2.05, 4.69) is 39.5 Å². The van der Waals surface area contributed by atoms with Crippen molar-refractivity contribution in [3.63, 3.8) is 0 Å². The van der Waals surface area contributed by atoms with Gasteiger partial charge in [0.25, 0.3) is 0 Å². The average molecular weight is 476 g/mol. The van der Waals surface area contributed by atoms with Gasteiger partial charge in [0, 0.05) is 25.0 Å². The van der Waals surface area contributed by atoms with Gasteiger partial charge in [0.1, 0.15) is 0 Å². The zero-order valence-electron chi connectivity index (χ0n) is 22.3. The highest BCUT2D eigenvalue weighted by atomic mass is 16.7. The van der Waals surface area contributed by atoms with E-state index >= 15 is 0 Å². The highest BCUT2D eigenvalue weighted by molar-refractivity contribution is 5.12. The zero-order chi connectivity index (χ0) is 23.9. The summed E-state index contributed by atoms with van der Waals surface area (Å²) in [5.41, 5.74) is 0.688. The second-order valence-corrected chi connectivity index (χ2v) is 13.8. The fraction of sp³-hybridized carbons (Fsp3) is 1.00. The maximum Gasteiger partial charge on any atom is 0.169 e. The van der Waals surface area contributed by atoms with Crippen LogP contribution in [0.2, 0.25) is 0 Å². The molecule has 0 radical (unpaired) electrons. The molecule has 0 unspecified atom stereocenters. The van der Waals surface area contributed by atoms with Gasteiger partial charge in [-0.15, -0.1) is 0 Å². The molecule has 4 saturated carbocycles. The highest BCUT2D eigenvalue weighted by Crippen LogP contribution is 2.69. The zero-order valence-corrected chi connectivity index (χ0v) is 22.3. The van der Waals surface area contributed by atoms with Crippen molar-refractivity contribution in [3.8, 4) is 0 Å². The predicted octanol–water partition coefficient (Wildman–Crippen LogP) is 4.86. The largest absolute Gasteiger partial charge is 0.391 e. The Morgan fingerprint density at radius 2 is 1.50 bits per heavy atom. The molecule has 34 heavy (non-hydrogen) atoms. The molecule has 2 aliphatic heterocycles. The van der Waals surface area contributed by atoms with E-state index in [1.165, 1.54) is 38.5 Å². The SMILES string of the molecule is C[C@@H]1CN([C@H]2C[C@@]3(C)[C@@H](CC[C@@H]4[C@@H]3CC[C@]3(C)[C@@H](C5(C)OCCO5)CC[C@@H]43)C[C@@H]2O)C[C@H](C)O1. The van der Waals surface area contributed by atoms with Crippen LogP contribution in [-0.4, -0.2) is 66.5 Å². The molecule has 0 aromatic carbocycles. The van der Waals surface area contributed by atoms with Gasteiger partial charge in [0.05, 0.1) is 31.5 Å². The lowest BCUT2D eigenvalue weighted by atomic mass is 9.44. The fourth-order valence-corrected chi connectivity index (χ4v) is 10.7. The summed E-state index contributed by atoms with van der Waals surface area (Å²) in [6.07, 6.45) is 10.4. The molecule has 6 aliphatic rings. The molecule has 6 rings (SSSR count). The van der Waals surface area contributed by atoms with E-state index in [0.717, 1.165) is 56.9 Å². The molecule has 5 heteroatoms. The Labute approximate surface area is 207 Å². The molecule has 5 nitrogen and oxygen atoms in total. The minimum atomic E-state index is -0.374. The lowest BCUT2D eigenvalue weighted by molar-refractivity contribution is -0.220. The van der Waals surface area contributed by atoms with Crippen LogP contribution in [0.25, 0.3) is 0 Å². The highest BCUT2D eigenvalue weighted by Gasteiger charge is 2.64. The van der Waals surface area contributed by atoms with Crippen molar-refractivity contribution in [2.75, 3.05) is 26.3 Å². The summed E-state index contributed by atoms with van der Waals surface area (Å²) < 4.78 is 18.5. The molecule has 6 fully saturated rings. The van der Waals surface area contributed by atoms with Gasteiger partial charge in [-0.1, -0.05) is 13.8 Å². The molecule has 0 bridgehead atoms. The Morgan fingerprint density at radius 3 is 2.21 bits per heavy atom. The van der Waals surface area contributed by atoms with Gasteiger partial charge in [0.2, 0.25) is 0 Å². The Balaban J connectivity index is 1.24. The minimum absolute atomic E-state index is 0.187. The molecule has 0 aromatic heterocycles. The average Bonchev–Trinajstić information content (AvgIpc) is 3.37. The third-order valence-electron chi connectivity index (χ3n) is 12.1. The summed E-state index contributed by atoms with van der Waals surface area (Å²) in [6.45, 7) is 15.2. The summed E-state index contributed by atoms with van der Waals surface area (Å²) in [7, 11) is 0. The number of ether oxygens (including phenoxy) is 3. The standard InChI is InChI=1S/C29H49NO4/c1-18-16-30(17-19(2)34-18)24-15-28(4)20(14-25(24)31)6-7-21-22-8-9-26(29(5)32-12-13-33-29)27(22,3)11-10-23(21)28/h18-26,31H,6-17H2,1-5H3/t18-,19+,20-,21-,22-,23-,24-,25-,26-,27-,28-/m0/s1. The maximum absolute atomic E-state index is 11.3. The van der Waals surface area contributed by atoms with Crippen molar-refractivity contribution in [1.82, 2.24) is 4.90 Å². The van der Waals surface area contributed by atoms with Gasteiger partial charge in [-0.25, -0.2) is 0 Å². The predicted molar refractivity (Wildman–Crippen MR) is 132 cm³/mol. The molecule has 0 aromatic rings. The Morgan fingerprint density at radius 1 is 0.824 bits per heavy atom. The van der Waals surface area contributed by atoms with Gasteiger partial charge >= 0.3 is 0 Å². The number of aliphatic hydroxyl groups is 1. The van der Waals surface area contributed by atoms with Gasteiger partial charge < -0.3 is 19.3 Å². The van der Waals surface area contributed by atoms with E-state index in [4.69, 9.17) is 14.2 Å². The van der Waals surface area contributed by atoms with Crippen molar-refractivity contribution in [2.45, 2.75) is 116 Å². The van der Waals surface area contributed by atoms with E-state index in [1.54, 1.807) is 0 Å². The summed E-state index contributed by atoms with van der Waals surface area (Å²) in [5, 5.41) is 11.3. The molecule has 4 aliphatic carbocycles. The van der Waals surface area contributed by atoms with Gasteiger partial charge in [-0.3, -0.25) is 4.90 Å². The van der Waals surface area contributed by atoms with Crippen molar-refractivity contribution in [2.24, 2.45) is 40.4 Å². The third-order valence-corrected chi connectivity index (χ3v) is 12.1. The minimum Gasteiger partial charge on any atom is -0.391 e. The quantitative estimate of drug-likeness (QED) is 0.618. The fourth-order valence-electron chi connectivity index (χ4n) is 10.7. The van der Waals surface area contributed by atoms with Gasteiger partial charge in [-0.05, 0) is 107 Å². The summed E-state index contributed by atoms with van der Waals surface area (Å²) >= 11 is 0. The normalized spacial score (nSPS) is 55.4. The molecule has 0 spiro atoms. The van der Waals surface area contributed by atoms with E-state index < -0.39 is 0 Å². The molecule has 194 valence electrons. The Kier molecular flexibility index (Phi) is 5.97. The number of hydrogen-bond donors (Lipinski definition) is 1. The van der Waals surface area contributed by atoms with Crippen LogP contribution in [0.5, 0.6) is 0 Å². The number of rotatable bonds is 2. The first-order valence-corrected chi connectivity index (χ1v) is 14.5. The van der Waals surface area contributed by atoms with Crippen molar-refractivity contribution in [1.29, 1.82) is 0 Å². The molecule has 2 saturated heterocycles. The van der Waals surface area contributed by atoms with E-state index in [9.17, 15) is 5.11 Å². The summed E-state index contributed by atoms with van der Waals surface area (Å²) in [4.78, 5) is 2.59. The molecule has 11 atom stereocenters. The van der Waals surface area contributed by atoms with Crippen LogP contribution in [0.1, 0.15) is 86.0 Å². The smallest absolute Gasteiger partial charge is 0.169 e. The third kappa shape index (κ3) is 3.58. The topological polar surface area (TPSA) is 51.2 Å². The second kappa shape index (κ2) is 8.41. The molecular formula is C29H49NO4. The van der Waals surface area contributed by atoms with Crippen LogP contribution < -0.4 is 0 Å². The number of morpholine rings is 1. The van der Waals surface area contributed by atoms with E-state index in [-0.39, 0.29) is 30.1 Å². The van der Waals surface area contributed by atoms with Gasteiger partial charge in [-0.2, -0.15) is 0 Å². The first-order chi connectivity index (χ1) is 16.1. The van der Waals surface area contributed by atoms with Crippen LogP contribution >= 0.6 is 0 Å². The summed E-state index contributed by atoms with van der Waals surface area (Å²) in [6, 6.07) is 0.289. The first-order valence-electron chi connectivity index (χ1n) is 14.5. The first kappa shape index (κ1) is 24.2. The van der Waals surface area contributed by atoms with E-state index in [1.807, 2.05) is 0 Å². The summed E-state index contributed by atoms with van der Waals surface area (Å²) in [5.74, 6) is 3.25. The molecular weight excluding hydrogens is 426 g/mol. The van der Waals surface area contributed by atoms with Crippen LogP contribution in [-0.2, 0) is 14.2 Å².